The van der Waals surface area contributed by atoms with Crippen molar-refractivity contribution in [2.45, 2.75) is 38.3 Å². The van der Waals surface area contributed by atoms with Crippen LogP contribution >= 0.6 is 11.6 Å². The molecule has 2 rings (SSSR count). The van der Waals surface area contributed by atoms with E-state index in [4.69, 9.17) is 11.6 Å². The summed E-state index contributed by atoms with van der Waals surface area (Å²) in [7, 11) is 0. The van der Waals surface area contributed by atoms with E-state index in [2.05, 4.69) is 29.7 Å². The van der Waals surface area contributed by atoms with Crippen LogP contribution in [0.3, 0.4) is 0 Å². The second-order valence-corrected chi connectivity index (χ2v) is 5.16. The number of hydrogen-bond donors (Lipinski definition) is 2. The molecular weight excluding hydrogens is 232 g/mol. The van der Waals surface area contributed by atoms with Gasteiger partial charge in [0.1, 0.15) is 0 Å². The van der Waals surface area contributed by atoms with E-state index in [1.165, 1.54) is 18.4 Å². The van der Waals surface area contributed by atoms with Crippen molar-refractivity contribution in [3.05, 3.63) is 34.9 Å². The number of benzene rings is 1. The minimum atomic E-state index is 0.415. The summed E-state index contributed by atoms with van der Waals surface area (Å²) in [5, 5.41) is 7.99. The van der Waals surface area contributed by atoms with Gasteiger partial charge in [0.15, 0.2) is 0 Å². The summed E-state index contributed by atoms with van der Waals surface area (Å²) in [5.74, 6) is 0. The fraction of sp³-hybridized carbons (Fsp3) is 0.571. The summed E-state index contributed by atoms with van der Waals surface area (Å²) in [6, 6.07) is 9.19. The molecule has 1 aliphatic rings. The maximum Gasteiger partial charge on any atom is 0.0409 e. The lowest BCUT2D eigenvalue weighted by Gasteiger charge is -2.29. The van der Waals surface area contributed by atoms with E-state index in [1.54, 1.807) is 0 Å². The fourth-order valence-corrected chi connectivity index (χ4v) is 2.65. The Hall–Kier alpha value is -0.570. The SMILES string of the molecule is CCC(NC1CCCNC1)c1cccc(Cl)c1. The molecule has 2 N–H and O–H groups in total. The van der Waals surface area contributed by atoms with Crippen LogP contribution < -0.4 is 10.6 Å². The van der Waals surface area contributed by atoms with Gasteiger partial charge in [0.05, 0.1) is 0 Å². The first-order valence-electron chi connectivity index (χ1n) is 6.52. The van der Waals surface area contributed by atoms with Crippen LogP contribution in [0.1, 0.15) is 37.8 Å². The van der Waals surface area contributed by atoms with Crippen molar-refractivity contribution in [1.29, 1.82) is 0 Å². The van der Waals surface area contributed by atoms with E-state index >= 15 is 0 Å². The van der Waals surface area contributed by atoms with E-state index in [9.17, 15) is 0 Å². The van der Waals surface area contributed by atoms with Gasteiger partial charge < -0.3 is 10.6 Å². The zero-order valence-electron chi connectivity index (χ0n) is 10.4. The smallest absolute Gasteiger partial charge is 0.0409 e. The van der Waals surface area contributed by atoms with Gasteiger partial charge in [0.25, 0.3) is 0 Å². The molecule has 1 saturated heterocycles. The Kier molecular flexibility index (Phi) is 4.84. The monoisotopic (exact) mass is 252 g/mol. The highest BCUT2D eigenvalue weighted by molar-refractivity contribution is 6.30. The van der Waals surface area contributed by atoms with E-state index in [-0.39, 0.29) is 0 Å². The average Bonchev–Trinajstić information content (AvgIpc) is 2.37. The van der Waals surface area contributed by atoms with Crippen LogP contribution in [0.2, 0.25) is 5.02 Å². The van der Waals surface area contributed by atoms with Gasteiger partial charge in [-0.05, 0) is 43.5 Å². The van der Waals surface area contributed by atoms with E-state index in [1.807, 2.05) is 12.1 Å². The number of piperidine rings is 1. The van der Waals surface area contributed by atoms with Gasteiger partial charge in [-0.2, -0.15) is 0 Å². The second-order valence-electron chi connectivity index (χ2n) is 4.73. The molecule has 1 aliphatic heterocycles. The third-order valence-corrected chi connectivity index (χ3v) is 3.63. The highest BCUT2D eigenvalue weighted by Gasteiger charge is 2.17. The molecule has 17 heavy (non-hydrogen) atoms. The Bertz CT molecular complexity index is 348. The summed E-state index contributed by atoms with van der Waals surface area (Å²) in [6.45, 7) is 4.46. The Balaban J connectivity index is 2.00. The van der Waals surface area contributed by atoms with Crippen LogP contribution in [0.25, 0.3) is 0 Å². The molecule has 3 heteroatoms. The van der Waals surface area contributed by atoms with Gasteiger partial charge >= 0.3 is 0 Å². The Labute approximate surface area is 109 Å². The highest BCUT2D eigenvalue weighted by atomic mass is 35.5. The minimum Gasteiger partial charge on any atom is -0.315 e. The van der Waals surface area contributed by atoms with Crippen molar-refractivity contribution < 1.29 is 0 Å². The number of halogens is 1. The maximum absolute atomic E-state index is 6.05. The molecule has 1 aromatic rings. The Morgan fingerprint density at radius 1 is 1.53 bits per heavy atom. The molecule has 0 amide bonds. The standard InChI is InChI=1S/C14H21ClN2/c1-2-14(11-5-3-6-12(15)9-11)17-13-7-4-8-16-10-13/h3,5-6,9,13-14,16-17H,2,4,7-8,10H2,1H3. The van der Waals surface area contributed by atoms with Gasteiger partial charge in [0, 0.05) is 23.7 Å². The largest absolute Gasteiger partial charge is 0.315 e. The van der Waals surface area contributed by atoms with Crippen molar-refractivity contribution in [1.82, 2.24) is 10.6 Å². The lowest BCUT2D eigenvalue weighted by molar-refractivity contribution is 0.348. The van der Waals surface area contributed by atoms with Crippen molar-refractivity contribution in [3.8, 4) is 0 Å². The molecule has 0 spiro atoms. The first-order valence-corrected chi connectivity index (χ1v) is 6.89. The molecule has 2 atom stereocenters. The zero-order valence-corrected chi connectivity index (χ0v) is 11.1. The van der Waals surface area contributed by atoms with E-state index in [0.29, 0.717) is 12.1 Å². The molecular formula is C14H21ClN2. The van der Waals surface area contributed by atoms with Gasteiger partial charge in [0.2, 0.25) is 0 Å². The van der Waals surface area contributed by atoms with Crippen LogP contribution in [0.5, 0.6) is 0 Å². The van der Waals surface area contributed by atoms with Crippen molar-refractivity contribution >= 4 is 11.6 Å². The van der Waals surface area contributed by atoms with Gasteiger partial charge in [-0.3, -0.25) is 0 Å². The zero-order chi connectivity index (χ0) is 12.1. The van der Waals surface area contributed by atoms with Gasteiger partial charge in [-0.1, -0.05) is 30.7 Å². The number of hydrogen-bond acceptors (Lipinski definition) is 2. The molecule has 0 aromatic heterocycles. The molecule has 0 radical (unpaired) electrons. The molecule has 1 fully saturated rings. The third kappa shape index (κ3) is 3.70. The van der Waals surface area contributed by atoms with Crippen molar-refractivity contribution in [2.75, 3.05) is 13.1 Å². The van der Waals surface area contributed by atoms with Crippen LogP contribution in [-0.4, -0.2) is 19.1 Å². The van der Waals surface area contributed by atoms with Crippen LogP contribution in [0.15, 0.2) is 24.3 Å². The Morgan fingerprint density at radius 2 is 2.41 bits per heavy atom. The molecule has 0 bridgehead atoms. The molecule has 2 unspecified atom stereocenters. The molecule has 1 heterocycles. The quantitative estimate of drug-likeness (QED) is 0.860. The molecule has 94 valence electrons. The fourth-order valence-electron chi connectivity index (χ4n) is 2.45. The second kappa shape index (κ2) is 6.39. The van der Waals surface area contributed by atoms with Crippen LogP contribution in [0.4, 0.5) is 0 Å². The summed E-state index contributed by atoms with van der Waals surface area (Å²) in [6.07, 6.45) is 3.63. The lowest BCUT2D eigenvalue weighted by atomic mass is 10.0. The number of rotatable bonds is 4. The molecule has 0 saturated carbocycles. The average molecular weight is 253 g/mol. The van der Waals surface area contributed by atoms with Gasteiger partial charge in [-0.15, -0.1) is 0 Å². The lowest BCUT2D eigenvalue weighted by Crippen LogP contribution is -2.44. The highest BCUT2D eigenvalue weighted by Crippen LogP contribution is 2.21. The molecule has 2 nitrogen and oxygen atoms in total. The summed E-state index contributed by atoms with van der Waals surface area (Å²) < 4.78 is 0. The maximum atomic E-state index is 6.05. The summed E-state index contributed by atoms with van der Waals surface area (Å²) in [4.78, 5) is 0. The Morgan fingerprint density at radius 3 is 3.06 bits per heavy atom. The first-order chi connectivity index (χ1) is 8.29. The van der Waals surface area contributed by atoms with Crippen molar-refractivity contribution in [3.63, 3.8) is 0 Å². The predicted octanol–water partition coefficient (Wildman–Crippen LogP) is 3.13. The topological polar surface area (TPSA) is 24.1 Å². The van der Waals surface area contributed by atoms with Crippen LogP contribution in [0, 0.1) is 0 Å². The minimum absolute atomic E-state index is 0.415. The summed E-state index contributed by atoms with van der Waals surface area (Å²) >= 11 is 6.05. The van der Waals surface area contributed by atoms with Crippen LogP contribution in [-0.2, 0) is 0 Å². The molecule has 1 aromatic carbocycles. The number of nitrogens with one attached hydrogen (secondary N) is 2. The predicted molar refractivity (Wildman–Crippen MR) is 73.5 cm³/mol. The first kappa shape index (κ1) is 12.9. The third-order valence-electron chi connectivity index (χ3n) is 3.39. The van der Waals surface area contributed by atoms with E-state index in [0.717, 1.165) is 24.5 Å². The molecule has 0 aliphatic carbocycles. The van der Waals surface area contributed by atoms with E-state index < -0.39 is 0 Å². The van der Waals surface area contributed by atoms with Gasteiger partial charge in [-0.25, -0.2) is 0 Å². The summed E-state index contributed by atoms with van der Waals surface area (Å²) in [5.41, 5.74) is 1.30. The normalized spacial score (nSPS) is 22.4. The van der Waals surface area contributed by atoms with Crippen molar-refractivity contribution in [2.24, 2.45) is 0 Å².